The second-order valence-electron chi connectivity index (χ2n) is 4.72. The van der Waals surface area contributed by atoms with Gasteiger partial charge in [-0.2, -0.15) is 0 Å². The van der Waals surface area contributed by atoms with Crippen molar-refractivity contribution in [1.29, 1.82) is 0 Å². The average Bonchev–Trinajstić information content (AvgIpc) is 2.36. The molecule has 104 valence electrons. The van der Waals surface area contributed by atoms with Crippen molar-refractivity contribution in [2.45, 2.75) is 31.4 Å². The molecule has 1 aliphatic rings. The summed E-state index contributed by atoms with van der Waals surface area (Å²) < 4.78 is 0. The van der Waals surface area contributed by atoms with Crippen molar-refractivity contribution < 1.29 is 14.7 Å². The van der Waals surface area contributed by atoms with Crippen molar-refractivity contribution in [2.24, 2.45) is 11.7 Å². The maximum absolute atomic E-state index is 12.0. The lowest BCUT2D eigenvalue weighted by Crippen LogP contribution is -2.44. The number of amides is 2. The Balaban J connectivity index is 2.34. The Morgan fingerprint density at radius 1 is 1.56 bits per heavy atom. The van der Waals surface area contributed by atoms with Crippen molar-refractivity contribution in [2.75, 3.05) is 25.4 Å². The van der Waals surface area contributed by atoms with Gasteiger partial charge in [-0.25, -0.2) is 0 Å². The van der Waals surface area contributed by atoms with Crippen LogP contribution >= 0.6 is 11.8 Å². The van der Waals surface area contributed by atoms with Gasteiger partial charge >= 0.3 is 0 Å². The lowest BCUT2D eigenvalue weighted by Gasteiger charge is -2.31. The Morgan fingerprint density at radius 2 is 2.28 bits per heavy atom. The van der Waals surface area contributed by atoms with E-state index in [4.69, 9.17) is 10.8 Å². The van der Waals surface area contributed by atoms with Gasteiger partial charge in [0.15, 0.2) is 0 Å². The van der Waals surface area contributed by atoms with E-state index in [9.17, 15) is 9.59 Å². The number of aliphatic hydroxyl groups is 1. The van der Waals surface area contributed by atoms with Gasteiger partial charge in [0, 0.05) is 24.9 Å². The molecule has 1 fully saturated rings. The summed E-state index contributed by atoms with van der Waals surface area (Å²) in [6, 6.07) is 0. The molecule has 3 N–H and O–H groups in total. The summed E-state index contributed by atoms with van der Waals surface area (Å²) in [5.41, 5.74) is 5.28. The van der Waals surface area contributed by atoms with E-state index in [1.807, 2.05) is 6.92 Å². The number of hydrogen-bond donors (Lipinski definition) is 2. The van der Waals surface area contributed by atoms with Gasteiger partial charge < -0.3 is 15.7 Å². The van der Waals surface area contributed by atoms with Crippen molar-refractivity contribution >= 4 is 23.6 Å². The maximum atomic E-state index is 12.0. The summed E-state index contributed by atoms with van der Waals surface area (Å²) in [7, 11) is 0. The van der Waals surface area contributed by atoms with Gasteiger partial charge in [-0.15, -0.1) is 11.8 Å². The summed E-state index contributed by atoms with van der Waals surface area (Å²) in [5, 5.41) is 9.06. The normalized spacial score (nSPS) is 21.7. The van der Waals surface area contributed by atoms with Gasteiger partial charge in [-0.05, 0) is 19.3 Å². The van der Waals surface area contributed by atoms with E-state index in [1.54, 1.807) is 16.7 Å². The molecule has 0 spiro atoms. The van der Waals surface area contributed by atoms with Crippen LogP contribution in [0.25, 0.3) is 0 Å². The first kappa shape index (κ1) is 15.3. The number of likely N-dealkylation sites (tertiary alicyclic amines) is 1. The van der Waals surface area contributed by atoms with E-state index in [0.717, 1.165) is 19.4 Å². The van der Waals surface area contributed by atoms with Crippen LogP contribution in [-0.2, 0) is 9.59 Å². The lowest BCUT2D eigenvalue weighted by atomic mass is 9.97. The molecule has 0 aliphatic carbocycles. The summed E-state index contributed by atoms with van der Waals surface area (Å²) in [6.45, 7) is 3.33. The van der Waals surface area contributed by atoms with Gasteiger partial charge in [-0.3, -0.25) is 9.59 Å². The van der Waals surface area contributed by atoms with E-state index in [0.29, 0.717) is 18.7 Å². The molecule has 1 aliphatic heterocycles. The molecule has 0 aromatic rings. The van der Waals surface area contributed by atoms with E-state index in [1.165, 1.54) is 0 Å². The highest BCUT2D eigenvalue weighted by Crippen LogP contribution is 2.19. The predicted molar refractivity (Wildman–Crippen MR) is 72.1 cm³/mol. The Kier molecular flexibility index (Phi) is 6.49. The monoisotopic (exact) mass is 274 g/mol. The number of hydrogen-bond acceptors (Lipinski definition) is 4. The quantitative estimate of drug-likeness (QED) is 0.725. The fourth-order valence-electron chi connectivity index (χ4n) is 2.01. The molecule has 0 bridgehead atoms. The molecule has 2 atom stereocenters. The van der Waals surface area contributed by atoms with Gasteiger partial charge in [0.1, 0.15) is 0 Å². The van der Waals surface area contributed by atoms with Crippen LogP contribution in [0.5, 0.6) is 0 Å². The van der Waals surface area contributed by atoms with Crippen LogP contribution in [0.2, 0.25) is 0 Å². The Hall–Kier alpha value is -0.750. The number of thioether (sulfide) groups is 1. The third-order valence-corrected chi connectivity index (χ3v) is 4.42. The molecule has 0 aromatic heterocycles. The van der Waals surface area contributed by atoms with E-state index >= 15 is 0 Å². The van der Waals surface area contributed by atoms with Crippen molar-refractivity contribution in [3.8, 4) is 0 Å². The molecule has 5 nitrogen and oxygen atoms in total. The highest BCUT2D eigenvalue weighted by atomic mass is 32.2. The van der Waals surface area contributed by atoms with Crippen LogP contribution in [0.1, 0.15) is 26.2 Å². The van der Waals surface area contributed by atoms with E-state index in [2.05, 4.69) is 0 Å². The highest BCUT2D eigenvalue weighted by molar-refractivity contribution is 8.00. The maximum Gasteiger partial charge on any atom is 0.232 e. The molecule has 0 aromatic carbocycles. The number of carbonyl (C=O) groups excluding carboxylic acids is 2. The minimum Gasteiger partial charge on any atom is -0.396 e. The lowest BCUT2D eigenvalue weighted by molar-refractivity contribution is -0.132. The number of rotatable bonds is 6. The molecule has 0 radical (unpaired) electrons. The third-order valence-electron chi connectivity index (χ3n) is 3.20. The first-order valence-electron chi connectivity index (χ1n) is 6.34. The minimum absolute atomic E-state index is 0.0655. The summed E-state index contributed by atoms with van der Waals surface area (Å²) >= 11 is 1.54. The molecular weight excluding hydrogens is 252 g/mol. The highest BCUT2D eigenvalue weighted by Gasteiger charge is 2.26. The second-order valence-corrected chi connectivity index (χ2v) is 6.14. The van der Waals surface area contributed by atoms with Gasteiger partial charge in [0.05, 0.1) is 11.7 Å². The molecule has 1 rings (SSSR count). The largest absolute Gasteiger partial charge is 0.396 e. The van der Waals surface area contributed by atoms with Crippen molar-refractivity contribution in [3.05, 3.63) is 0 Å². The number of carbonyl (C=O) groups is 2. The van der Waals surface area contributed by atoms with Crippen LogP contribution in [-0.4, -0.2) is 52.5 Å². The number of nitrogens with two attached hydrogens (primary N) is 1. The number of piperidine rings is 1. The zero-order chi connectivity index (χ0) is 13.5. The van der Waals surface area contributed by atoms with E-state index < -0.39 is 0 Å². The molecule has 0 saturated carbocycles. The Bertz CT molecular complexity index is 299. The number of nitrogens with zero attached hydrogens (tertiary/aromatic N) is 1. The smallest absolute Gasteiger partial charge is 0.232 e. The standard InChI is InChI=1S/C12H22N2O3S/c1-9(4-6-15)18-8-11(16)14-5-2-3-10(7-14)12(13)17/h9-10,15H,2-8H2,1H3,(H2,13,17). The summed E-state index contributed by atoms with van der Waals surface area (Å²) in [4.78, 5) is 24.8. The van der Waals surface area contributed by atoms with Crippen LogP contribution in [0.3, 0.4) is 0 Å². The summed E-state index contributed by atoms with van der Waals surface area (Å²) in [6.07, 6.45) is 2.32. The SMILES string of the molecule is CC(CCO)SCC(=O)N1CCCC(C(N)=O)C1. The topological polar surface area (TPSA) is 83.6 Å². The zero-order valence-electron chi connectivity index (χ0n) is 10.8. The zero-order valence-corrected chi connectivity index (χ0v) is 11.6. The fourth-order valence-corrected chi connectivity index (χ4v) is 2.89. The molecule has 1 heterocycles. The van der Waals surface area contributed by atoms with E-state index in [-0.39, 0.29) is 29.6 Å². The molecular formula is C12H22N2O3S. The predicted octanol–water partition coefficient (Wildman–Crippen LogP) is 0.214. The molecule has 1 saturated heterocycles. The van der Waals surface area contributed by atoms with Gasteiger partial charge in [-0.1, -0.05) is 6.92 Å². The number of primary amides is 1. The van der Waals surface area contributed by atoms with Crippen LogP contribution in [0, 0.1) is 5.92 Å². The Labute approximate surface area is 112 Å². The molecule has 2 unspecified atom stereocenters. The number of aliphatic hydroxyl groups excluding tert-OH is 1. The first-order chi connectivity index (χ1) is 8.54. The Morgan fingerprint density at radius 3 is 2.89 bits per heavy atom. The second kappa shape index (κ2) is 7.63. The van der Waals surface area contributed by atoms with Crippen molar-refractivity contribution in [1.82, 2.24) is 4.90 Å². The fraction of sp³-hybridized carbons (Fsp3) is 0.833. The first-order valence-corrected chi connectivity index (χ1v) is 7.39. The summed E-state index contributed by atoms with van der Waals surface area (Å²) in [5.74, 6) is -0.0285. The molecule has 18 heavy (non-hydrogen) atoms. The van der Waals surface area contributed by atoms with Crippen LogP contribution in [0.4, 0.5) is 0 Å². The van der Waals surface area contributed by atoms with Crippen LogP contribution < -0.4 is 5.73 Å². The van der Waals surface area contributed by atoms with Gasteiger partial charge in [0.25, 0.3) is 0 Å². The third kappa shape index (κ3) is 4.86. The van der Waals surface area contributed by atoms with Crippen molar-refractivity contribution in [3.63, 3.8) is 0 Å². The minimum atomic E-state index is -0.311. The van der Waals surface area contributed by atoms with Gasteiger partial charge in [0.2, 0.25) is 11.8 Å². The molecule has 6 heteroatoms. The molecule has 2 amide bonds. The average molecular weight is 274 g/mol. The van der Waals surface area contributed by atoms with Crippen LogP contribution in [0.15, 0.2) is 0 Å².